The highest BCUT2D eigenvalue weighted by Crippen LogP contribution is 2.25. The summed E-state index contributed by atoms with van der Waals surface area (Å²) < 4.78 is 3.93. The van der Waals surface area contributed by atoms with Gasteiger partial charge < -0.3 is 10.3 Å². The molecule has 2 aromatic heterocycles. The minimum absolute atomic E-state index is 0.200. The first-order valence-corrected chi connectivity index (χ1v) is 7.85. The van der Waals surface area contributed by atoms with E-state index >= 15 is 0 Å². The predicted octanol–water partition coefficient (Wildman–Crippen LogP) is 3.94. The first kappa shape index (κ1) is 13.7. The zero-order valence-corrected chi connectivity index (χ0v) is 12.8. The summed E-state index contributed by atoms with van der Waals surface area (Å²) in [6.45, 7) is 0. The molecule has 2 aromatic carbocycles. The smallest absolute Gasteiger partial charge is 0.269 e. The molecule has 4 aromatic rings. The molecule has 0 aliphatic rings. The number of aromatic nitrogens is 3. The second-order valence-corrected chi connectivity index (χ2v) is 5.80. The number of nitrogens with zero attached hydrogens (tertiary/aromatic N) is 2. The van der Waals surface area contributed by atoms with Crippen molar-refractivity contribution >= 4 is 34.0 Å². The Hall–Kier alpha value is -2.99. The van der Waals surface area contributed by atoms with E-state index in [4.69, 9.17) is 0 Å². The van der Waals surface area contributed by atoms with Crippen molar-refractivity contribution in [3.8, 4) is 11.3 Å². The molecule has 0 spiro atoms. The molecule has 0 saturated heterocycles. The minimum Gasteiger partial charge on any atom is -0.361 e. The third-order valence-corrected chi connectivity index (χ3v) is 4.28. The molecule has 0 aliphatic heterocycles. The molecule has 23 heavy (non-hydrogen) atoms. The number of aromatic amines is 1. The van der Waals surface area contributed by atoms with Gasteiger partial charge in [0.25, 0.3) is 5.91 Å². The Morgan fingerprint density at radius 3 is 2.83 bits per heavy atom. The van der Waals surface area contributed by atoms with Crippen molar-refractivity contribution in [3.05, 3.63) is 65.7 Å². The van der Waals surface area contributed by atoms with E-state index in [1.54, 1.807) is 0 Å². The summed E-state index contributed by atoms with van der Waals surface area (Å²) >= 11 is 1.10. The summed E-state index contributed by atoms with van der Waals surface area (Å²) in [5.74, 6) is -0.200. The Labute approximate surface area is 136 Å². The van der Waals surface area contributed by atoms with Gasteiger partial charge in [0.05, 0.1) is 0 Å². The van der Waals surface area contributed by atoms with Gasteiger partial charge in [0.2, 0.25) is 0 Å². The summed E-state index contributed by atoms with van der Waals surface area (Å²) in [5.41, 5.74) is 3.27. The fourth-order valence-electron chi connectivity index (χ4n) is 2.44. The fraction of sp³-hybridized carbons (Fsp3) is 0. The van der Waals surface area contributed by atoms with Crippen LogP contribution >= 0.6 is 11.5 Å². The number of rotatable bonds is 3. The number of carbonyl (C=O) groups excluding carboxylic acids is 1. The molecule has 1 amide bonds. The third-order valence-electron chi connectivity index (χ3n) is 3.55. The van der Waals surface area contributed by atoms with Gasteiger partial charge in [-0.2, -0.15) is 0 Å². The second-order valence-electron chi connectivity index (χ2n) is 5.05. The zero-order chi connectivity index (χ0) is 15.6. The predicted molar refractivity (Wildman–Crippen MR) is 91.6 cm³/mol. The van der Waals surface area contributed by atoms with Crippen LogP contribution in [0.1, 0.15) is 9.67 Å². The molecule has 0 fully saturated rings. The Kier molecular flexibility index (Phi) is 3.36. The van der Waals surface area contributed by atoms with E-state index in [-0.39, 0.29) is 5.91 Å². The first-order chi connectivity index (χ1) is 11.3. The van der Waals surface area contributed by atoms with Gasteiger partial charge in [-0.3, -0.25) is 4.79 Å². The van der Waals surface area contributed by atoms with Gasteiger partial charge in [0, 0.05) is 28.4 Å². The average molecular weight is 320 g/mol. The van der Waals surface area contributed by atoms with Crippen LogP contribution in [0.4, 0.5) is 5.69 Å². The highest BCUT2D eigenvalue weighted by molar-refractivity contribution is 7.08. The standard InChI is InChI=1S/C17H12N4OS/c22-17(19-13-6-7-14-12(10-13)8-9-18-14)16-15(20-21-23-16)11-4-2-1-3-5-11/h1-10,18H,(H,19,22). The van der Waals surface area contributed by atoms with Crippen LogP contribution in [0, 0.1) is 0 Å². The van der Waals surface area contributed by atoms with Crippen molar-refractivity contribution < 1.29 is 4.79 Å². The Morgan fingerprint density at radius 2 is 1.96 bits per heavy atom. The van der Waals surface area contributed by atoms with Crippen molar-refractivity contribution in [2.24, 2.45) is 0 Å². The molecule has 2 N–H and O–H groups in total. The van der Waals surface area contributed by atoms with Crippen LogP contribution in [0.3, 0.4) is 0 Å². The van der Waals surface area contributed by atoms with Crippen LogP contribution in [0.25, 0.3) is 22.2 Å². The van der Waals surface area contributed by atoms with Crippen LogP contribution in [0.15, 0.2) is 60.8 Å². The average Bonchev–Trinajstić information content (AvgIpc) is 3.24. The Morgan fingerprint density at radius 1 is 1.09 bits per heavy atom. The van der Waals surface area contributed by atoms with Gasteiger partial charge in [-0.1, -0.05) is 34.8 Å². The van der Waals surface area contributed by atoms with Crippen molar-refractivity contribution in [1.82, 2.24) is 14.6 Å². The molecule has 0 aliphatic carbocycles. The summed E-state index contributed by atoms with van der Waals surface area (Å²) in [6.07, 6.45) is 1.87. The van der Waals surface area contributed by atoms with Crippen LogP contribution < -0.4 is 5.32 Å². The van der Waals surface area contributed by atoms with Crippen molar-refractivity contribution in [3.63, 3.8) is 0 Å². The van der Waals surface area contributed by atoms with Gasteiger partial charge in [0.1, 0.15) is 10.6 Å². The molecule has 0 bridgehead atoms. The summed E-state index contributed by atoms with van der Waals surface area (Å²) in [6, 6.07) is 17.3. The quantitative estimate of drug-likeness (QED) is 0.600. The number of H-pyrrole nitrogens is 1. The van der Waals surface area contributed by atoms with Gasteiger partial charge >= 0.3 is 0 Å². The molecule has 4 rings (SSSR count). The van der Waals surface area contributed by atoms with E-state index in [0.29, 0.717) is 10.6 Å². The summed E-state index contributed by atoms with van der Waals surface area (Å²) in [7, 11) is 0. The lowest BCUT2D eigenvalue weighted by molar-refractivity contribution is 0.103. The SMILES string of the molecule is O=C(Nc1ccc2[nH]ccc2c1)c1snnc1-c1ccccc1. The topological polar surface area (TPSA) is 70.7 Å². The van der Waals surface area contributed by atoms with Gasteiger partial charge in [-0.05, 0) is 35.8 Å². The van der Waals surface area contributed by atoms with Crippen molar-refractivity contribution in [2.45, 2.75) is 0 Å². The molecule has 0 saturated carbocycles. The van der Waals surface area contributed by atoms with E-state index in [9.17, 15) is 4.79 Å². The van der Waals surface area contributed by atoms with E-state index in [1.807, 2.05) is 60.8 Å². The molecular formula is C17H12N4OS. The number of fused-ring (bicyclic) bond motifs is 1. The van der Waals surface area contributed by atoms with Crippen LogP contribution in [0.2, 0.25) is 0 Å². The molecular weight excluding hydrogens is 308 g/mol. The van der Waals surface area contributed by atoms with Crippen molar-refractivity contribution in [1.29, 1.82) is 0 Å². The van der Waals surface area contributed by atoms with E-state index in [0.717, 1.165) is 33.7 Å². The molecule has 2 heterocycles. The number of carbonyl (C=O) groups is 1. The lowest BCUT2D eigenvalue weighted by Gasteiger charge is -2.05. The number of hydrogen-bond acceptors (Lipinski definition) is 4. The van der Waals surface area contributed by atoms with Crippen LogP contribution in [0.5, 0.6) is 0 Å². The number of anilines is 1. The maximum atomic E-state index is 12.6. The highest BCUT2D eigenvalue weighted by atomic mass is 32.1. The van der Waals surface area contributed by atoms with E-state index in [1.165, 1.54) is 0 Å². The second kappa shape index (κ2) is 5.66. The summed E-state index contributed by atoms with van der Waals surface area (Å²) in [4.78, 5) is 16.2. The first-order valence-electron chi connectivity index (χ1n) is 7.07. The lowest BCUT2D eigenvalue weighted by atomic mass is 10.1. The summed E-state index contributed by atoms with van der Waals surface area (Å²) in [5, 5.41) is 8.06. The zero-order valence-electron chi connectivity index (χ0n) is 12.0. The fourth-order valence-corrected chi connectivity index (χ4v) is 3.03. The molecule has 0 radical (unpaired) electrons. The highest BCUT2D eigenvalue weighted by Gasteiger charge is 2.17. The van der Waals surface area contributed by atoms with E-state index in [2.05, 4.69) is 19.9 Å². The van der Waals surface area contributed by atoms with Crippen LogP contribution in [-0.4, -0.2) is 20.5 Å². The molecule has 6 heteroatoms. The Bertz CT molecular complexity index is 974. The molecule has 112 valence electrons. The van der Waals surface area contributed by atoms with Crippen LogP contribution in [-0.2, 0) is 0 Å². The van der Waals surface area contributed by atoms with Gasteiger partial charge in [0.15, 0.2) is 0 Å². The van der Waals surface area contributed by atoms with Crippen molar-refractivity contribution in [2.75, 3.05) is 5.32 Å². The number of amides is 1. The number of nitrogens with one attached hydrogen (secondary N) is 2. The van der Waals surface area contributed by atoms with Gasteiger partial charge in [-0.15, -0.1) is 5.10 Å². The maximum Gasteiger partial charge on any atom is 0.269 e. The lowest BCUT2D eigenvalue weighted by Crippen LogP contribution is -2.11. The Balaban J connectivity index is 1.64. The molecule has 0 atom stereocenters. The number of hydrogen-bond donors (Lipinski definition) is 2. The van der Waals surface area contributed by atoms with E-state index < -0.39 is 0 Å². The van der Waals surface area contributed by atoms with Gasteiger partial charge in [-0.25, -0.2) is 0 Å². The third kappa shape index (κ3) is 2.60. The monoisotopic (exact) mass is 320 g/mol. The molecule has 0 unspecified atom stereocenters. The maximum absolute atomic E-state index is 12.6. The molecule has 5 nitrogen and oxygen atoms in total. The number of benzene rings is 2. The largest absolute Gasteiger partial charge is 0.361 e. The normalized spacial score (nSPS) is 10.8. The minimum atomic E-state index is -0.200.